The second-order valence-corrected chi connectivity index (χ2v) is 6.49. The highest BCUT2D eigenvalue weighted by Crippen LogP contribution is 2.32. The Morgan fingerprint density at radius 2 is 2.08 bits per heavy atom. The van der Waals surface area contributed by atoms with E-state index in [1.54, 1.807) is 37.0 Å². The third kappa shape index (κ3) is 3.57. The number of aromatic nitrogens is 3. The molecule has 0 aliphatic carbocycles. The smallest absolute Gasteiger partial charge is 0.261 e. The summed E-state index contributed by atoms with van der Waals surface area (Å²) in [5, 5.41) is 11.5. The molecule has 0 saturated carbocycles. The number of rotatable bonds is 5. The standard InChI is InChI=1S/C18H19ClN4O3/c1-10(2)25-18-14(9-23(4)21-18)20-17(24)15-11(3)26-22-16(15)12-7-5-6-8-13(12)19/h5-10H,1-4H3,(H,20,24). The molecule has 3 aromatic rings. The minimum absolute atomic E-state index is 0.0726. The highest BCUT2D eigenvalue weighted by Gasteiger charge is 2.24. The Kier molecular flexibility index (Phi) is 4.99. The second-order valence-electron chi connectivity index (χ2n) is 6.08. The zero-order valence-electron chi connectivity index (χ0n) is 14.9. The molecule has 0 radical (unpaired) electrons. The van der Waals surface area contributed by atoms with Gasteiger partial charge in [0.15, 0.2) is 0 Å². The maximum Gasteiger partial charge on any atom is 0.261 e. The van der Waals surface area contributed by atoms with Crippen LogP contribution in [-0.4, -0.2) is 26.9 Å². The van der Waals surface area contributed by atoms with Crippen LogP contribution in [0.25, 0.3) is 11.3 Å². The molecule has 0 bridgehead atoms. The van der Waals surface area contributed by atoms with E-state index in [0.29, 0.717) is 39.2 Å². The Balaban J connectivity index is 1.95. The first-order chi connectivity index (χ1) is 12.4. The third-order valence-electron chi connectivity index (χ3n) is 3.61. The van der Waals surface area contributed by atoms with Crippen molar-refractivity contribution in [2.24, 2.45) is 7.05 Å². The van der Waals surface area contributed by atoms with Crippen LogP contribution >= 0.6 is 11.6 Å². The maximum absolute atomic E-state index is 12.9. The summed E-state index contributed by atoms with van der Waals surface area (Å²) in [7, 11) is 1.75. The van der Waals surface area contributed by atoms with E-state index in [1.807, 2.05) is 26.0 Å². The summed E-state index contributed by atoms with van der Waals surface area (Å²) >= 11 is 6.24. The molecule has 0 atom stereocenters. The molecule has 0 aliphatic heterocycles. The largest absolute Gasteiger partial charge is 0.472 e. The van der Waals surface area contributed by atoms with Crippen LogP contribution in [0.5, 0.6) is 5.88 Å². The van der Waals surface area contributed by atoms with Crippen molar-refractivity contribution in [3.05, 3.63) is 46.8 Å². The molecule has 7 nitrogen and oxygen atoms in total. The van der Waals surface area contributed by atoms with E-state index in [0.717, 1.165) is 0 Å². The normalized spacial score (nSPS) is 11.0. The van der Waals surface area contributed by atoms with E-state index in [4.69, 9.17) is 20.9 Å². The fourth-order valence-electron chi connectivity index (χ4n) is 2.53. The third-order valence-corrected chi connectivity index (χ3v) is 3.94. The summed E-state index contributed by atoms with van der Waals surface area (Å²) in [5.74, 6) is 0.372. The lowest BCUT2D eigenvalue weighted by Gasteiger charge is -2.09. The van der Waals surface area contributed by atoms with E-state index in [9.17, 15) is 4.79 Å². The number of aryl methyl sites for hydroxylation is 2. The lowest BCUT2D eigenvalue weighted by atomic mass is 10.1. The fourth-order valence-corrected chi connectivity index (χ4v) is 2.75. The first-order valence-electron chi connectivity index (χ1n) is 8.09. The Labute approximate surface area is 155 Å². The quantitative estimate of drug-likeness (QED) is 0.727. The first-order valence-corrected chi connectivity index (χ1v) is 8.47. The predicted octanol–water partition coefficient (Wildman–Crippen LogP) is 4.08. The first kappa shape index (κ1) is 18.0. The van der Waals surface area contributed by atoms with Crippen molar-refractivity contribution in [2.75, 3.05) is 5.32 Å². The molecule has 2 heterocycles. The molecule has 0 aliphatic rings. The molecule has 1 N–H and O–H groups in total. The van der Waals surface area contributed by atoms with Crippen LogP contribution in [0.15, 0.2) is 35.0 Å². The second kappa shape index (κ2) is 7.21. The average Bonchev–Trinajstić information content (AvgIpc) is 3.10. The molecular formula is C18H19ClN4O3. The van der Waals surface area contributed by atoms with E-state index >= 15 is 0 Å². The van der Waals surface area contributed by atoms with E-state index in [2.05, 4.69) is 15.6 Å². The van der Waals surface area contributed by atoms with Gasteiger partial charge < -0.3 is 14.6 Å². The molecule has 136 valence electrons. The topological polar surface area (TPSA) is 82.2 Å². The number of carbonyl (C=O) groups excluding carboxylic acids is 1. The van der Waals surface area contributed by atoms with Gasteiger partial charge in [-0.05, 0) is 26.8 Å². The minimum atomic E-state index is -0.375. The van der Waals surface area contributed by atoms with Gasteiger partial charge in [-0.15, -0.1) is 5.10 Å². The van der Waals surface area contributed by atoms with Gasteiger partial charge in [-0.2, -0.15) is 0 Å². The zero-order chi connectivity index (χ0) is 18.8. The van der Waals surface area contributed by atoms with Crippen LogP contribution in [-0.2, 0) is 7.05 Å². The van der Waals surface area contributed by atoms with Gasteiger partial charge in [-0.25, -0.2) is 0 Å². The van der Waals surface area contributed by atoms with Gasteiger partial charge in [0.2, 0.25) is 0 Å². The molecule has 26 heavy (non-hydrogen) atoms. The number of ether oxygens (including phenoxy) is 1. The minimum Gasteiger partial charge on any atom is -0.472 e. The molecular weight excluding hydrogens is 356 g/mol. The number of nitrogens with one attached hydrogen (secondary N) is 1. The van der Waals surface area contributed by atoms with Gasteiger partial charge in [0.25, 0.3) is 11.8 Å². The van der Waals surface area contributed by atoms with Crippen LogP contribution in [0, 0.1) is 6.92 Å². The predicted molar refractivity (Wildman–Crippen MR) is 98.6 cm³/mol. The van der Waals surface area contributed by atoms with Gasteiger partial charge in [-0.1, -0.05) is 35.0 Å². The lowest BCUT2D eigenvalue weighted by Crippen LogP contribution is -2.15. The van der Waals surface area contributed by atoms with Crippen molar-refractivity contribution in [1.82, 2.24) is 14.9 Å². The van der Waals surface area contributed by atoms with Crippen LogP contribution in [0.3, 0.4) is 0 Å². The summed E-state index contributed by atoms with van der Waals surface area (Å²) in [4.78, 5) is 12.9. The van der Waals surface area contributed by atoms with E-state index in [1.165, 1.54) is 0 Å². The molecule has 0 spiro atoms. The van der Waals surface area contributed by atoms with Crippen LogP contribution in [0.4, 0.5) is 5.69 Å². The Morgan fingerprint density at radius 1 is 1.35 bits per heavy atom. The lowest BCUT2D eigenvalue weighted by molar-refractivity contribution is 0.102. The number of anilines is 1. The van der Waals surface area contributed by atoms with Crippen molar-refractivity contribution < 1.29 is 14.1 Å². The van der Waals surface area contributed by atoms with Gasteiger partial charge in [-0.3, -0.25) is 9.48 Å². The monoisotopic (exact) mass is 374 g/mol. The van der Waals surface area contributed by atoms with Crippen LogP contribution < -0.4 is 10.1 Å². The van der Waals surface area contributed by atoms with E-state index < -0.39 is 0 Å². The van der Waals surface area contributed by atoms with Crippen LogP contribution in [0.2, 0.25) is 5.02 Å². The molecule has 1 amide bonds. The zero-order valence-corrected chi connectivity index (χ0v) is 15.7. The highest BCUT2D eigenvalue weighted by molar-refractivity contribution is 6.33. The molecule has 0 saturated heterocycles. The van der Waals surface area contributed by atoms with Crippen molar-refractivity contribution in [2.45, 2.75) is 26.9 Å². The number of nitrogens with zero attached hydrogens (tertiary/aromatic N) is 3. The van der Waals surface area contributed by atoms with Crippen molar-refractivity contribution in [3.8, 4) is 17.1 Å². The maximum atomic E-state index is 12.9. The number of carbonyl (C=O) groups is 1. The number of hydrogen-bond donors (Lipinski definition) is 1. The highest BCUT2D eigenvalue weighted by atomic mass is 35.5. The molecule has 1 aromatic carbocycles. The molecule has 8 heteroatoms. The van der Waals surface area contributed by atoms with Gasteiger partial charge in [0.1, 0.15) is 22.7 Å². The van der Waals surface area contributed by atoms with Crippen molar-refractivity contribution >= 4 is 23.2 Å². The summed E-state index contributed by atoms with van der Waals surface area (Å²) in [6, 6.07) is 7.15. The summed E-state index contributed by atoms with van der Waals surface area (Å²) in [6.45, 7) is 5.46. The number of amides is 1. The number of halogens is 1. The van der Waals surface area contributed by atoms with Gasteiger partial charge in [0.05, 0.1) is 17.3 Å². The SMILES string of the molecule is Cc1onc(-c2ccccc2Cl)c1C(=O)Nc1cn(C)nc1OC(C)C. The van der Waals surface area contributed by atoms with Gasteiger partial charge >= 0.3 is 0 Å². The van der Waals surface area contributed by atoms with Crippen LogP contribution in [0.1, 0.15) is 30.0 Å². The Morgan fingerprint density at radius 3 is 2.77 bits per heavy atom. The fraction of sp³-hybridized carbons (Fsp3) is 0.278. The summed E-state index contributed by atoms with van der Waals surface area (Å²) < 4.78 is 12.5. The van der Waals surface area contributed by atoms with Gasteiger partial charge in [0, 0.05) is 12.6 Å². The van der Waals surface area contributed by atoms with E-state index in [-0.39, 0.29) is 12.0 Å². The summed E-state index contributed by atoms with van der Waals surface area (Å²) in [6.07, 6.45) is 1.60. The molecule has 3 rings (SSSR count). The Bertz CT molecular complexity index is 946. The molecule has 0 fully saturated rings. The van der Waals surface area contributed by atoms with Crippen molar-refractivity contribution in [1.29, 1.82) is 0 Å². The molecule has 2 aromatic heterocycles. The Hall–Kier alpha value is -2.80. The van der Waals surface area contributed by atoms with Crippen molar-refractivity contribution in [3.63, 3.8) is 0 Å². The molecule has 0 unspecified atom stereocenters. The average molecular weight is 375 g/mol. The number of benzene rings is 1. The number of hydrogen-bond acceptors (Lipinski definition) is 5. The summed E-state index contributed by atoms with van der Waals surface area (Å²) in [5.41, 5.74) is 1.80.